The average Bonchev–Trinajstić information content (AvgIpc) is 3.60. The molecule has 45 heavy (non-hydrogen) atoms. The van der Waals surface area contributed by atoms with Crippen LogP contribution >= 0.6 is 11.3 Å². The van der Waals surface area contributed by atoms with Crippen molar-refractivity contribution in [3.63, 3.8) is 0 Å². The highest BCUT2D eigenvalue weighted by molar-refractivity contribution is 7.84. The van der Waals surface area contributed by atoms with Gasteiger partial charge in [-0.25, -0.2) is 14.1 Å². The number of hydrogen-bond donors (Lipinski definition) is 6. The second kappa shape index (κ2) is 14.1. The highest BCUT2D eigenvalue weighted by atomic mass is 32.2. The van der Waals surface area contributed by atoms with E-state index < -0.39 is 58.6 Å². The lowest BCUT2D eigenvalue weighted by atomic mass is 10.0. The summed E-state index contributed by atoms with van der Waals surface area (Å²) in [6.07, 6.45) is 0.0211. The highest BCUT2D eigenvalue weighted by Gasteiger charge is 2.51. The van der Waals surface area contributed by atoms with Gasteiger partial charge < -0.3 is 42.1 Å². The third-order valence-electron chi connectivity index (χ3n) is 6.91. The number of benzene rings is 1. The molecular formula is C25H33N9O9S2. The lowest BCUT2D eigenvalue weighted by Gasteiger charge is -2.42. The smallest absolute Gasteiger partial charge is 0.362 e. The number of amides is 2. The van der Waals surface area contributed by atoms with Crippen LogP contribution in [-0.2, 0) is 42.6 Å². The first-order valence-electron chi connectivity index (χ1n) is 13.6. The molecule has 0 aliphatic carbocycles. The second-order valence-electron chi connectivity index (χ2n) is 10.1. The molecule has 3 atom stereocenters. The fraction of sp³-hybridized carbons (Fsp3) is 0.440. The lowest BCUT2D eigenvalue weighted by Crippen LogP contribution is -2.71. The quantitative estimate of drug-likeness (QED) is 0.0347. The summed E-state index contributed by atoms with van der Waals surface area (Å²) < 4.78 is 37.8. The average molecular weight is 668 g/mol. The Hall–Kier alpha value is -4.53. The monoisotopic (exact) mass is 667 g/mol. The summed E-state index contributed by atoms with van der Waals surface area (Å²) in [4.78, 5) is 52.7. The number of anilines is 1. The molecule has 2 aliphatic heterocycles. The van der Waals surface area contributed by atoms with Gasteiger partial charge in [0.1, 0.15) is 24.1 Å². The maximum absolute atomic E-state index is 13.0. The van der Waals surface area contributed by atoms with Gasteiger partial charge in [-0.1, -0.05) is 11.2 Å². The zero-order valence-electron chi connectivity index (χ0n) is 24.0. The largest absolute Gasteiger partial charge is 0.489 e. The predicted octanol–water partition coefficient (Wildman–Crippen LogP) is -1.13. The highest BCUT2D eigenvalue weighted by Crippen LogP contribution is 2.27. The number of oxime groups is 1. The molecule has 20 heteroatoms. The minimum atomic E-state index is -4.82. The van der Waals surface area contributed by atoms with E-state index in [0.717, 1.165) is 35.3 Å². The van der Waals surface area contributed by atoms with Gasteiger partial charge in [0.05, 0.1) is 6.04 Å². The van der Waals surface area contributed by atoms with E-state index in [2.05, 4.69) is 20.4 Å². The number of aromatic nitrogens is 1. The molecule has 1 fully saturated rings. The van der Waals surface area contributed by atoms with Crippen LogP contribution in [0.5, 0.6) is 5.75 Å². The number of guanidine groups is 1. The summed E-state index contributed by atoms with van der Waals surface area (Å²) in [6.45, 7) is 3.00. The molecule has 1 aromatic heterocycles. The molecule has 0 saturated carbocycles. The Balaban J connectivity index is 1.41. The first-order valence-corrected chi connectivity index (χ1v) is 15.9. The number of aliphatic imine (C=N–C) groups is 1. The Morgan fingerprint density at radius 2 is 2.00 bits per heavy atom. The number of unbranched alkanes of at least 4 members (excludes halogenated alkanes) is 1. The zero-order chi connectivity index (χ0) is 32.9. The zero-order valence-corrected chi connectivity index (χ0v) is 25.7. The van der Waals surface area contributed by atoms with Gasteiger partial charge in [0.25, 0.3) is 17.9 Å². The number of β-lactam (4-membered cyclic amide) rings is 1. The summed E-state index contributed by atoms with van der Waals surface area (Å²) in [6, 6.07) is 2.82. The summed E-state index contributed by atoms with van der Waals surface area (Å²) in [5.41, 5.74) is 18.6. The molecule has 9 N–H and O–H groups in total. The topological polar surface area (TPSA) is 278 Å². The molecule has 1 aromatic carbocycles. The fourth-order valence-electron chi connectivity index (χ4n) is 4.52. The standard InChI is InChI=1S/C25H33N9O9S2/c1-13-19(22(36)34(13)45(39,40)41)31-21(35)20(17-12-44-25(28)30-17)32-43-18(23(37)38)11-42-16-5-4-14-9-33(10-15(14)8-16)24(27)29-7-3-2-6-26/h4-5,8,12-13,18-19H,2-3,6-7,9-11,26H2,1H3,(H2,27,29)(H2,28,30)(H,31,35)(H,37,38)(H,39,40,41)/b32-20-/t13-,18-,19-/m0/s1. The van der Waals surface area contributed by atoms with Crippen molar-refractivity contribution in [2.24, 2.45) is 21.6 Å². The van der Waals surface area contributed by atoms with Crippen LogP contribution in [0.3, 0.4) is 0 Å². The van der Waals surface area contributed by atoms with Crippen molar-refractivity contribution in [3.8, 4) is 5.75 Å². The molecule has 3 heterocycles. The number of nitrogens with two attached hydrogens (primary N) is 3. The number of aliphatic carboxylic acids is 1. The van der Waals surface area contributed by atoms with Gasteiger partial charge >= 0.3 is 16.3 Å². The van der Waals surface area contributed by atoms with Crippen LogP contribution in [0.15, 0.2) is 33.7 Å². The Morgan fingerprint density at radius 1 is 1.27 bits per heavy atom. The van der Waals surface area contributed by atoms with Crippen molar-refractivity contribution in [3.05, 3.63) is 40.4 Å². The number of carbonyl (C=O) groups is 3. The van der Waals surface area contributed by atoms with Crippen molar-refractivity contribution in [1.29, 1.82) is 0 Å². The molecule has 0 spiro atoms. The van der Waals surface area contributed by atoms with Crippen LogP contribution in [0, 0.1) is 0 Å². The molecule has 1 saturated heterocycles. The van der Waals surface area contributed by atoms with E-state index in [1.807, 2.05) is 11.0 Å². The molecule has 2 aromatic rings. The minimum Gasteiger partial charge on any atom is -0.489 e. The molecule has 2 amide bonds. The molecule has 244 valence electrons. The summed E-state index contributed by atoms with van der Waals surface area (Å²) in [7, 11) is -4.82. The van der Waals surface area contributed by atoms with Gasteiger partial charge in [-0.15, -0.1) is 11.3 Å². The molecule has 18 nitrogen and oxygen atoms in total. The number of fused-ring (bicyclic) bond motifs is 1. The molecule has 0 radical (unpaired) electrons. The normalized spacial score (nSPS) is 19.1. The van der Waals surface area contributed by atoms with Crippen molar-refractivity contribution in [2.75, 3.05) is 25.4 Å². The Labute approximate surface area is 261 Å². The van der Waals surface area contributed by atoms with E-state index in [1.54, 1.807) is 12.1 Å². The third kappa shape index (κ3) is 7.95. The number of carbonyl (C=O) groups excluding carboxylic acids is 2. The van der Waals surface area contributed by atoms with E-state index >= 15 is 0 Å². The third-order valence-corrected chi connectivity index (χ3v) is 8.59. The van der Waals surface area contributed by atoms with Gasteiger partial charge in [-0.3, -0.25) is 19.1 Å². The van der Waals surface area contributed by atoms with Crippen molar-refractivity contribution in [2.45, 2.75) is 51.0 Å². The maximum atomic E-state index is 13.0. The maximum Gasteiger partial charge on any atom is 0.362 e. The fourth-order valence-corrected chi connectivity index (χ4v) is 5.95. The van der Waals surface area contributed by atoms with Crippen LogP contribution in [-0.4, -0.2) is 99.6 Å². The number of hydrogen-bond acceptors (Lipinski definition) is 13. The van der Waals surface area contributed by atoms with Crippen molar-refractivity contribution >= 4 is 56.2 Å². The van der Waals surface area contributed by atoms with Crippen LogP contribution in [0.1, 0.15) is 36.6 Å². The lowest BCUT2D eigenvalue weighted by molar-refractivity contribution is -0.152. The van der Waals surface area contributed by atoms with Crippen LogP contribution in [0.25, 0.3) is 0 Å². The number of carboxylic acids is 1. The van der Waals surface area contributed by atoms with Crippen LogP contribution in [0.2, 0.25) is 0 Å². The van der Waals surface area contributed by atoms with E-state index in [0.29, 0.717) is 37.9 Å². The van der Waals surface area contributed by atoms with Crippen molar-refractivity contribution < 1.29 is 42.0 Å². The van der Waals surface area contributed by atoms with E-state index in [4.69, 9.17) is 26.8 Å². The summed E-state index contributed by atoms with van der Waals surface area (Å²) >= 11 is 0.957. The number of thiazole rings is 1. The first-order chi connectivity index (χ1) is 21.3. The van der Waals surface area contributed by atoms with Gasteiger partial charge in [0.2, 0.25) is 0 Å². The summed E-state index contributed by atoms with van der Waals surface area (Å²) in [5.74, 6) is -2.79. The number of carboxylic acid groups (broad SMARTS) is 1. The Kier molecular flexibility index (Phi) is 10.4. The molecule has 4 rings (SSSR count). The SMILES string of the molecule is C[C@H]1[C@H](NC(=O)/C(=N\O[C@@H](COc2ccc3c(c2)CN(C(N)=NCCCCN)C3)C(=O)O)c2csc(N)n2)C(=O)N1S(=O)(=O)O. The second-order valence-corrected chi connectivity index (χ2v) is 12.3. The first kappa shape index (κ1) is 33.4. The molecule has 0 bridgehead atoms. The molecule has 2 aliphatic rings. The number of nitrogens with one attached hydrogen (secondary N) is 1. The number of nitrogen functional groups attached to an aromatic ring is 1. The predicted molar refractivity (Wildman–Crippen MR) is 161 cm³/mol. The van der Waals surface area contributed by atoms with Crippen molar-refractivity contribution in [1.82, 2.24) is 19.5 Å². The number of rotatable bonds is 14. The Bertz CT molecular complexity index is 1610. The van der Waals surface area contributed by atoms with Crippen LogP contribution < -0.4 is 27.3 Å². The van der Waals surface area contributed by atoms with Gasteiger partial charge in [-0.05, 0) is 49.6 Å². The van der Waals surface area contributed by atoms with Crippen LogP contribution in [0.4, 0.5) is 5.13 Å². The minimum absolute atomic E-state index is 0.0593. The number of ether oxygens (including phenoxy) is 1. The van der Waals surface area contributed by atoms with E-state index in [-0.39, 0.29) is 15.1 Å². The van der Waals surface area contributed by atoms with E-state index in [1.165, 1.54) is 12.3 Å². The summed E-state index contributed by atoms with van der Waals surface area (Å²) in [5, 5.41) is 17.1. The molecular weight excluding hydrogens is 634 g/mol. The number of nitrogens with zero attached hydrogens (tertiary/aromatic N) is 5. The van der Waals surface area contributed by atoms with Gasteiger partial charge in [-0.2, -0.15) is 8.42 Å². The molecule has 0 unspecified atom stereocenters. The van der Waals surface area contributed by atoms with Gasteiger partial charge in [0, 0.05) is 25.0 Å². The Morgan fingerprint density at radius 3 is 2.62 bits per heavy atom. The van der Waals surface area contributed by atoms with E-state index in [9.17, 15) is 32.5 Å². The van der Waals surface area contributed by atoms with Gasteiger partial charge in [0.15, 0.2) is 16.8 Å².